The van der Waals surface area contributed by atoms with Crippen LogP contribution < -0.4 is 4.90 Å². The summed E-state index contributed by atoms with van der Waals surface area (Å²) in [5.74, 6) is 0.371. The van der Waals surface area contributed by atoms with E-state index < -0.39 is 0 Å². The quantitative estimate of drug-likeness (QED) is 0.529. The van der Waals surface area contributed by atoms with Crippen molar-refractivity contribution in [2.75, 3.05) is 18.0 Å². The van der Waals surface area contributed by atoms with Gasteiger partial charge >= 0.3 is 0 Å². The van der Waals surface area contributed by atoms with Crippen molar-refractivity contribution < 1.29 is 4.79 Å². The Hall–Kier alpha value is -2.40. The summed E-state index contributed by atoms with van der Waals surface area (Å²) < 4.78 is 0. The van der Waals surface area contributed by atoms with E-state index >= 15 is 0 Å². The second kappa shape index (κ2) is 5.36. The van der Waals surface area contributed by atoms with Gasteiger partial charge in [0.05, 0.1) is 17.7 Å². The Morgan fingerprint density at radius 3 is 2.60 bits per heavy atom. The number of hydrogen-bond acceptors (Lipinski definition) is 5. The molecule has 0 fully saturated rings. The van der Waals surface area contributed by atoms with E-state index in [1.54, 1.807) is 12.1 Å². The Morgan fingerprint density at radius 1 is 1.40 bits per heavy atom. The number of anilines is 1. The Balaban J connectivity index is 3.05. The largest absolute Gasteiger partial charge is 0.329 e. The minimum Gasteiger partial charge on any atom is -0.329 e. The van der Waals surface area contributed by atoms with Gasteiger partial charge in [-0.1, -0.05) is 0 Å². The molecule has 1 aromatic rings. The van der Waals surface area contributed by atoms with Crippen molar-refractivity contribution in [3.63, 3.8) is 0 Å². The molecule has 74 valence electrons. The molecule has 5 heteroatoms. The lowest BCUT2D eigenvalue weighted by atomic mass is 10.2. The van der Waals surface area contributed by atoms with Gasteiger partial charge in [-0.15, -0.1) is 0 Å². The number of aldehydes is 1. The predicted molar refractivity (Wildman–Crippen MR) is 53.1 cm³/mol. The lowest BCUT2D eigenvalue weighted by molar-refractivity contribution is 0.112. The molecule has 1 rings (SSSR count). The zero-order valence-electron chi connectivity index (χ0n) is 7.92. The fourth-order valence-electron chi connectivity index (χ4n) is 1.14. The highest BCUT2D eigenvalue weighted by atomic mass is 16.1. The molecule has 0 spiro atoms. The lowest BCUT2D eigenvalue weighted by Crippen LogP contribution is -2.25. The number of carbonyl (C=O) groups is 1. The van der Waals surface area contributed by atoms with Crippen LogP contribution in [0.2, 0.25) is 0 Å². The van der Waals surface area contributed by atoms with Gasteiger partial charge in [-0.2, -0.15) is 10.5 Å². The third-order valence-electron chi connectivity index (χ3n) is 1.77. The summed E-state index contributed by atoms with van der Waals surface area (Å²) in [7, 11) is 0. The van der Waals surface area contributed by atoms with Crippen LogP contribution in [0.3, 0.4) is 0 Å². The van der Waals surface area contributed by atoms with Crippen molar-refractivity contribution in [3.8, 4) is 12.1 Å². The second-order valence-corrected chi connectivity index (χ2v) is 2.71. The van der Waals surface area contributed by atoms with Crippen LogP contribution in [0.1, 0.15) is 10.4 Å². The number of pyridine rings is 1. The summed E-state index contributed by atoms with van der Waals surface area (Å²) in [6.45, 7) is 0.0663. The van der Waals surface area contributed by atoms with Crippen LogP contribution in [0.4, 0.5) is 5.82 Å². The summed E-state index contributed by atoms with van der Waals surface area (Å²) in [4.78, 5) is 16.1. The minimum absolute atomic E-state index is 0.0331. The van der Waals surface area contributed by atoms with Crippen molar-refractivity contribution >= 4 is 12.1 Å². The molecular formula is C10H8N4O. The predicted octanol–water partition coefficient (Wildman–Crippen LogP) is 0.748. The van der Waals surface area contributed by atoms with Gasteiger partial charge in [-0.25, -0.2) is 4.98 Å². The van der Waals surface area contributed by atoms with Gasteiger partial charge in [0.1, 0.15) is 18.9 Å². The molecule has 0 aliphatic rings. The highest BCUT2D eigenvalue weighted by Gasteiger charge is 2.10. The van der Waals surface area contributed by atoms with Crippen LogP contribution >= 0.6 is 0 Å². The molecule has 1 heterocycles. The number of hydrogen-bond donors (Lipinski definition) is 0. The third kappa shape index (κ3) is 2.52. The molecule has 0 atom stereocenters. The van der Waals surface area contributed by atoms with E-state index in [9.17, 15) is 4.79 Å². The molecule has 5 nitrogen and oxygen atoms in total. The van der Waals surface area contributed by atoms with Crippen molar-refractivity contribution in [2.45, 2.75) is 0 Å². The van der Waals surface area contributed by atoms with E-state index in [1.807, 2.05) is 12.1 Å². The first-order valence-electron chi connectivity index (χ1n) is 4.22. The number of carbonyl (C=O) groups excluding carboxylic acids is 1. The van der Waals surface area contributed by atoms with Crippen molar-refractivity contribution in [1.29, 1.82) is 10.5 Å². The van der Waals surface area contributed by atoms with E-state index in [2.05, 4.69) is 4.98 Å². The highest BCUT2D eigenvalue weighted by molar-refractivity contribution is 5.82. The molecule has 0 N–H and O–H groups in total. The van der Waals surface area contributed by atoms with Crippen molar-refractivity contribution in [1.82, 2.24) is 4.98 Å². The Labute approximate surface area is 87.2 Å². The van der Waals surface area contributed by atoms with Gasteiger partial charge in [0.25, 0.3) is 0 Å². The molecule has 0 radical (unpaired) electrons. The number of nitriles is 2. The maximum absolute atomic E-state index is 10.7. The van der Waals surface area contributed by atoms with E-state index in [0.717, 1.165) is 0 Å². The van der Waals surface area contributed by atoms with Crippen molar-refractivity contribution in [2.24, 2.45) is 0 Å². The molecule has 0 aliphatic carbocycles. The molecule has 0 aromatic carbocycles. The lowest BCUT2D eigenvalue weighted by Gasteiger charge is -2.17. The first-order chi connectivity index (χ1) is 7.33. The standard InChI is InChI=1S/C10H8N4O/c11-3-6-14(7-4-12)10-9(8-15)2-1-5-13-10/h1-2,5,8H,6-7H2. The van der Waals surface area contributed by atoms with Crippen LogP contribution in [0.15, 0.2) is 18.3 Å². The number of rotatable bonds is 4. The minimum atomic E-state index is 0.0331. The van der Waals surface area contributed by atoms with Gasteiger partial charge in [0, 0.05) is 6.20 Å². The Bertz CT molecular complexity index is 414. The summed E-state index contributed by atoms with van der Waals surface area (Å²) in [5.41, 5.74) is 0.378. The smallest absolute Gasteiger partial charge is 0.153 e. The Morgan fingerprint density at radius 2 is 2.07 bits per heavy atom. The zero-order valence-corrected chi connectivity index (χ0v) is 7.92. The maximum atomic E-state index is 10.7. The van der Waals surface area contributed by atoms with E-state index in [4.69, 9.17) is 10.5 Å². The fraction of sp³-hybridized carbons (Fsp3) is 0.200. The van der Waals surface area contributed by atoms with Crippen LogP contribution in [0.25, 0.3) is 0 Å². The number of aromatic nitrogens is 1. The van der Waals surface area contributed by atoms with Crippen LogP contribution in [0.5, 0.6) is 0 Å². The zero-order chi connectivity index (χ0) is 11.1. The van der Waals surface area contributed by atoms with Crippen LogP contribution in [0, 0.1) is 22.7 Å². The van der Waals surface area contributed by atoms with E-state index in [1.165, 1.54) is 11.1 Å². The molecule has 0 unspecified atom stereocenters. The molecule has 0 bridgehead atoms. The normalized spacial score (nSPS) is 8.67. The van der Waals surface area contributed by atoms with E-state index in [0.29, 0.717) is 17.7 Å². The van der Waals surface area contributed by atoms with E-state index in [-0.39, 0.29) is 13.1 Å². The molecule has 0 saturated carbocycles. The topological polar surface area (TPSA) is 80.8 Å². The van der Waals surface area contributed by atoms with Crippen LogP contribution in [-0.4, -0.2) is 24.4 Å². The fourth-order valence-corrected chi connectivity index (χ4v) is 1.14. The van der Waals surface area contributed by atoms with Gasteiger partial charge in [0.2, 0.25) is 0 Å². The molecular weight excluding hydrogens is 192 g/mol. The average Bonchev–Trinajstić information content (AvgIpc) is 2.29. The molecule has 15 heavy (non-hydrogen) atoms. The summed E-state index contributed by atoms with van der Waals surface area (Å²) in [6, 6.07) is 7.07. The summed E-state index contributed by atoms with van der Waals surface area (Å²) in [6.07, 6.45) is 2.17. The first kappa shape index (κ1) is 10.7. The summed E-state index contributed by atoms with van der Waals surface area (Å²) >= 11 is 0. The second-order valence-electron chi connectivity index (χ2n) is 2.71. The average molecular weight is 200 g/mol. The molecule has 0 saturated heterocycles. The highest BCUT2D eigenvalue weighted by Crippen LogP contribution is 2.14. The van der Waals surface area contributed by atoms with Gasteiger partial charge in [-0.3, -0.25) is 4.79 Å². The number of nitrogens with zero attached hydrogens (tertiary/aromatic N) is 4. The summed E-state index contributed by atoms with van der Waals surface area (Å²) in [5, 5.41) is 17.1. The van der Waals surface area contributed by atoms with Gasteiger partial charge in [0.15, 0.2) is 6.29 Å². The first-order valence-corrected chi connectivity index (χ1v) is 4.22. The maximum Gasteiger partial charge on any atom is 0.153 e. The van der Waals surface area contributed by atoms with Crippen molar-refractivity contribution in [3.05, 3.63) is 23.9 Å². The SMILES string of the molecule is N#CCN(CC#N)c1ncccc1C=O. The molecule has 0 amide bonds. The van der Waals surface area contributed by atoms with Gasteiger partial charge < -0.3 is 4.90 Å². The molecule has 1 aromatic heterocycles. The monoisotopic (exact) mass is 200 g/mol. The van der Waals surface area contributed by atoms with Gasteiger partial charge in [-0.05, 0) is 12.1 Å². The van der Waals surface area contributed by atoms with Crippen LogP contribution in [-0.2, 0) is 0 Å². The Kier molecular flexibility index (Phi) is 3.81. The molecule has 0 aliphatic heterocycles. The third-order valence-corrected chi connectivity index (χ3v) is 1.77.